The topological polar surface area (TPSA) is 13.1 Å². The van der Waals surface area contributed by atoms with Crippen LogP contribution in [0, 0.1) is 0 Å². The Morgan fingerprint density at radius 2 is 1.19 bits per heavy atom. The summed E-state index contributed by atoms with van der Waals surface area (Å²) in [6.07, 6.45) is 0. The first-order chi connectivity index (χ1) is 22.9. The Morgan fingerprint density at radius 3 is 2.10 bits per heavy atom. The first-order valence-corrected chi connectivity index (χ1v) is 9.16. The molecule has 1 aromatic heterocycles. The average Bonchev–Trinajstić information content (AvgIpc) is 3.47. The zero-order valence-electron chi connectivity index (χ0n) is 33.4. The van der Waals surface area contributed by atoms with E-state index in [-0.39, 0.29) is 10.8 Å². The Hall–Kier alpha value is -4.10. The van der Waals surface area contributed by atoms with Crippen LogP contribution in [0.4, 0.5) is 0 Å². The molecule has 0 bridgehead atoms. The first kappa shape index (κ1) is 6.96. The SMILES string of the molecule is [2H]c1c([2H])c([2H])c2c(oc3c([2H])c([2H])c([2H])c(-c4c5c([2H])c([2H])c([2H])c([2H])c5c([2H])c5c4c([2H])c([2H])c4c([2H])c([2H])c([2H])c([2H])c45)c32)c1[2H]. The molecule has 1 heterocycles. The van der Waals surface area contributed by atoms with Crippen LogP contribution < -0.4 is 0 Å². The third kappa shape index (κ3) is 2.32. The van der Waals surface area contributed by atoms with Gasteiger partial charge in [0.05, 0.1) is 24.7 Å². The number of rotatable bonds is 1. The van der Waals surface area contributed by atoms with Gasteiger partial charge >= 0.3 is 0 Å². The molecule has 31 heavy (non-hydrogen) atoms. The maximum Gasteiger partial charge on any atom is 0.136 e. The molecule has 1 nitrogen and oxygen atoms in total. The van der Waals surface area contributed by atoms with Gasteiger partial charge in [0.1, 0.15) is 11.2 Å². The predicted molar refractivity (Wildman–Crippen MR) is 132 cm³/mol. The molecule has 0 amide bonds. The molecule has 0 aliphatic carbocycles. The summed E-state index contributed by atoms with van der Waals surface area (Å²) in [7, 11) is 0. The molecular formula is C30H18O. The Bertz CT molecular complexity index is 2750. The lowest BCUT2D eigenvalue weighted by Gasteiger charge is -2.15. The van der Waals surface area contributed by atoms with Crippen molar-refractivity contribution in [1.82, 2.24) is 0 Å². The third-order valence-corrected chi connectivity index (χ3v) is 5.14. The lowest BCUT2D eigenvalue weighted by atomic mass is 9.88. The Balaban J connectivity index is 1.97. The van der Waals surface area contributed by atoms with Crippen molar-refractivity contribution in [3.63, 3.8) is 0 Å². The Kier molecular flexibility index (Phi) is 1.39. The van der Waals surface area contributed by atoms with E-state index in [9.17, 15) is 2.74 Å². The van der Waals surface area contributed by atoms with Gasteiger partial charge in [-0.3, -0.25) is 0 Å². The Labute approximate surface area is 204 Å². The van der Waals surface area contributed by atoms with E-state index in [4.69, 9.17) is 26.3 Å². The van der Waals surface area contributed by atoms with Crippen molar-refractivity contribution < 1.29 is 29.1 Å². The van der Waals surface area contributed by atoms with Gasteiger partial charge in [0, 0.05) is 10.8 Å². The van der Waals surface area contributed by atoms with Crippen molar-refractivity contribution in [3.8, 4) is 11.1 Å². The van der Waals surface area contributed by atoms with Gasteiger partial charge in [0.25, 0.3) is 0 Å². The lowest BCUT2D eigenvalue weighted by Crippen LogP contribution is -1.88. The highest BCUT2D eigenvalue weighted by Gasteiger charge is 2.17. The minimum Gasteiger partial charge on any atom is -0.456 e. The average molecular weight is 413 g/mol. The smallest absolute Gasteiger partial charge is 0.136 e. The van der Waals surface area contributed by atoms with Gasteiger partial charge in [-0.1, -0.05) is 90.6 Å². The number of furan rings is 1. The molecule has 0 fully saturated rings. The molecular weight excluding hydrogens is 376 g/mol. The quantitative estimate of drug-likeness (QED) is 0.194. The van der Waals surface area contributed by atoms with E-state index in [1.165, 1.54) is 0 Å². The first-order valence-electron chi connectivity index (χ1n) is 18.2. The van der Waals surface area contributed by atoms with Gasteiger partial charge in [-0.25, -0.2) is 0 Å². The van der Waals surface area contributed by atoms with Gasteiger partial charge in [-0.15, -0.1) is 0 Å². The van der Waals surface area contributed by atoms with Crippen LogP contribution in [0.5, 0.6) is 0 Å². The van der Waals surface area contributed by atoms with Gasteiger partial charge in [0.15, 0.2) is 0 Å². The van der Waals surface area contributed by atoms with Crippen LogP contribution in [0.25, 0.3) is 65.4 Å². The van der Waals surface area contributed by atoms with Crippen molar-refractivity contribution in [3.05, 3.63) is 109 Å². The van der Waals surface area contributed by atoms with E-state index >= 15 is 0 Å². The van der Waals surface area contributed by atoms with Crippen LogP contribution in [-0.4, -0.2) is 0 Å². The number of para-hydroxylation sites is 1. The Morgan fingerprint density at radius 1 is 0.484 bits per heavy atom. The summed E-state index contributed by atoms with van der Waals surface area (Å²) in [5.74, 6) is 0. The van der Waals surface area contributed by atoms with Crippen LogP contribution in [0.1, 0.15) is 24.7 Å². The fourth-order valence-electron chi connectivity index (χ4n) is 3.86. The summed E-state index contributed by atoms with van der Waals surface area (Å²) >= 11 is 0. The highest BCUT2D eigenvalue weighted by molar-refractivity contribution is 6.24. The minimum atomic E-state index is -0.789. The molecule has 0 saturated heterocycles. The summed E-state index contributed by atoms with van der Waals surface area (Å²) < 4.78 is 162. The summed E-state index contributed by atoms with van der Waals surface area (Å²) in [6, 6.07) is -13.1. The van der Waals surface area contributed by atoms with Crippen LogP contribution >= 0.6 is 0 Å². The van der Waals surface area contributed by atoms with Crippen molar-refractivity contribution in [2.24, 2.45) is 0 Å². The van der Waals surface area contributed by atoms with Crippen LogP contribution in [0.3, 0.4) is 0 Å². The van der Waals surface area contributed by atoms with E-state index in [0.29, 0.717) is 0 Å². The van der Waals surface area contributed by atoms with Gasteiger partial charge in [0.2, 0.25) is 0 Å². The summed E-state index contributed by atoms with van der Waals surface area (Å²) in [6.45, 7) is 0. The summed E-state index contributed by atoms with van der Waals surface area (Å²) in [5, 5.41) is -3.33. The molecule has 0 unspecified atom stereocenters. The second-order valence-corrected chi connectivity index (χ2v) is 6.76. The molecule has 0 aliphatic heterocycles. The van der Waals surface area contributed by atoms with E-state index in [1.807, 2.05) is 0 Å². The number of hydrogen-bond acceptors (Lipinski definition) is 1. The molecule has 0 aliphatic rings. The number of benzene rings is 6. The molecule has 0 N–H and O–H groups in total. The largest absolute Gasteiger partial charge is 0.456 e. The fourth-order valence-corrected chi connectivity index (χ4v) is 3.86. The van der Waals surface area contributed by atoms with Gasteiger partial charge in [-0.2, -0.15) is 0 Å². The summed E-state index contributed by atoms with van der Waals surface area (Å²) in [4.78, 5) is 0. The molecule has 1 heteroatoms. The lowest BCUT2D eigenvalue weighted by molar-refractivity contribution is 0.669. The molecule has 0 spiro atoms. The van der Waals surface area contributed by atoms with Gasteiger partial charge in [-0.05, 0) is 61.6 Å². The molecule has 6 aromatic carbocycles. The van der Waals surface area contributed by atoms with Gasteiger partial charge < -0.3 is 4.42 Å². The van der Waals surface area contributed by atoms with Crippen molar-refractivity contribution in [2.75, 3.05) is 0 Å². The van der Waals surface area contributed by atoms with Crippen LogP contribution in [0.2, 0.25) is 0 Å². The second-order valence-electron chi connectivity index (χ2n) is 6.76. The third-order valence-electron chi connectivity index (χ3n) is 5.14. The van der Waals surface area contributed by atoms with E-state index < -0.39 is 163 Å². The number of hydrogen-bond donors (Lipinski definition) is 0. The zero-order chi connectivity index (χ0) is 36.0. The molecule has 7 rings (SSSR count). The maximum absolute atomic E-state index is 9.27. The second kappa shape index (κ2) is 6.20. The summed E-state index contributed by atoms with van der Waals surface area (Å²) in [5.41, 5.74) is -1.83. The van der Waals surface area contributed by atoms with Crippen molar-refractivity contribution in [1.29, 1.82) is 0 Å². The monoisotopic (exact) mass is 412 g/mol. The highest BCUT2D eigenvalue weighted by atomic mass is 16.3. The number of fused-ring (bicyclic) bond motifs is 7. The van der Waals surface area contributed by atoms with Crippen LogP contribution in [0.15, 0.2) is 113 Å². The highest BCUT2D eigenvalue weighted by Crippen LogP contribution is 2.44. The molecule has 0 atom stereocenters. The van der Waals surface area contributed by atoms with Crippen molar-refractivity contribution >= 4 is 54.3 Å². The van der Waals surface area contributed by atoms with Crippen molar-refractivity contribution in [2.45, 2.75) is 0 Å². The fraction of sp³-hybridized carbons (Fsp3) is 0. The molecule has 7 aromatic rings. The maximum atomic E-state index is 9.27. The van der Waals surface area contributed by atoms with E-state index in [2.05, 4.69) is 0 Å². The molecule has 144 valence electrons. The molecule has 0 radical (unpaired) electrons. The predicted octanol–water partition coefficient (Wildman–Crippen LogP) is 8.71. The standard InChI is InChI=1S/C30H18O/c1-3-10-21-19(8-1)16-17-23-26(21)18-20-9-2-4-11-22(20)29(23)25-13-7-15-28-30(25)24-12-5-6-14-27(24)31-28/h1-18H/i1D,2D,3D,4D,5D,6D,7D,8D,9D,10D,11D,12D,13D,14D,15D,16D,17D,18D. The normalized spacial score (nSPS) is 20.0. The molecule has 0 saturated carbocycles. The zero-order valence-corrected chi connectivity index (χ0v) is 15.4. The minimum absolute atomic E-state index is 0.332. The van der Waals surface area contributed by atoms with Crippen LogP contribution in [-0.2, 0) is 0 Å². The van der Waals surface area contributed by atoms with E-state index in [1.54, 1.807) is 0 Å². The van der Waals surface area contributed by atoms with E-state index in [0.717, 1.165) is 0 Å².